The SMILES string of the molecule is C=C1C[C@]23C[C@@]1(OC(C)=O)CC[C@H]2[C@@]12CCC[C@@](C)(C(=O)O1)[C@H]2[C@@H]3C(=O)O. The van der Waals surface area contributed by atoms with Gasteiger partial charge in [0.25, 0.3) is 0 Å². The fourth-order valence-corrected chi connectivity index (χ4v) is 8.10. The summed E-state index contributed by atoms with van der Waals surface area (Å²) >= 11 is 0. The maximum atomic E-state index is 12.8. The second kappa shape index (κ2) is 4.76. The Balaban J connectivity index is 1.69. The molecule has 0 unspecified atom stereocenters. The summed E-state index contributed by atoms with van der Waals surface area (Å²) in [4.78, 5) is 37.2. The van der Waals surface area contributed by atoms with Crippen molar-refractivity contribution in [3.63, 3.8) is 0 Å². The van der Waals surface area contributed by atoms with E-state index in [-0.39, 0.29) is 23.8 Å². The van der Waals surface area contributed by atoms with Crippen molar-refractivity contribution < 1.29 is 29.0 Å². The predicted octanol–water partition coefficient (Wildman–Crippen LogP) is 2.85. The van der Waals surface area contributed by atoms with Gasteiger partial charge in [-0.1, -0.05) is 6.58 Å². The Bertz CT molecular complexity index is 802. The van der Waals surface area contributed by atoms with Gasteiger partial charge in [0, 0.05) is 18.8 Å². The van der Waals surface area contributed by atoms with Gasteiger partial charge in [-0.15, -0.1) is 0 Å². The quantitative estimate of drug-likeness (QED) is 0.590. The molecule has 0 aromatic carbocycles. The minimum atomic E-state index is -0.855. The van der Waals surface area contributed by atoms with Crippen LogP contribution in [0.2, 0.25) is 0 Å². The van der Waals surface area contributed by atoms with Crippen molar-refractivity contribution in [2.75, 3.05) is 0 Å². The summed E-state index contributed by atoms with van der Waals surface area (Å²) < 4.78 is 11.9. The van der Waals surface area contributed by atoms with E-state index in [1.165, 1.54) is 6.92 Å². The van der Waals surface area contributed by atoms with Crippen molar-refractivity contribution in [1.29, 1.82) is 0 Å². The van der Waals surface area contributed by atoms with Gasteiger partial charge in [-0.05, 0) is 62.9 Å². The summed E-state index contributed by atoms with van der Waals surface area (Å²) in [5, 5.41) is 10.3. The molecule has 1 aliphatic heterocycles. The highest BCUT2D eigenvalue weighted by molar-refractivity contribution is 5.84. The average molecular weight is 374 g/mol. The van der Waals surface area contributed by atoms with Crippen LogP contribution in [-0.2, 0) is 23.9 Å². The maximum absolute atomic E-state index is 12.8. The number of hydrogen-bond donors (Lipinski definition) is 1. The van der Waals surface area contributed by atoms with E-state index in [0.29, 0.717) is 32.1 Å². The van der Waals surface area contributed by atoms with E-state index in [0.717, 1.165) is 18.4 Å². The number of carbonyl (C=O) groups excluding carboxylic acids is 2. The van der Waals surface area contributed by atoms with Gasteiger partial charge in [0.1, 0.15) is 11.2 Å². The van der Waals surface area contributed by atoms with E-state index in [4.69, 9.17) is 9.47 Å². The highest BCUT2D eigenvalue weighted by atomic mass is 16.6. The standard InChI is InChI=1S/C21H26O6/c1-11-9-19-10-20(11,26-12(2)22)8-5-13(19)21-7-4-6-18(3,17(25)27-21)15(21)14(19)16(23)24/h13-15H,1,4-10H2,2-3H3,(H,23,24)/t13-,14-,15-,18-,19+,20+,21-/m1/s1. The lowest BCUT2D eigenvalue weighted by Gasteiger charge is -2.46. The van der Waals surface area contributed by atoms with Gasteiger partial charge in [-0.3, -0.25) is 14.4 Å². The Hall–Kier alpha value is -1.85. The zero-order valence-corrected chi connectivity index (χ0v) is 15.9. The number of aliphatic carboxylic acids is 1. The smallest absolute Gasteiger partial charge is 0.312 e. The largest absolute Gasteiger partial charge is 0.481 e. The molecule has 5 aliphatic rings. The first-order chi connectivity index (χ1) is 12.6. The molecular weight excluding hydrogens is 348 g/mol. The number of carboxylic acid groups (broad SMARTS) is 1. The topological polar surface area (TPSA) is 89.9 Å². The van der Waals surface area contributed by atoms with Crippen LogP contribution in [0.5, 0.6) is 0 Å². The highest BCUT2D eigenvalue weighted by Gasteiger charge is 2.83. The first-order valence-electron chi connectivity index (χ1n) is 9.95. The first-order valence-corrected chi connectivity index (χ1v) is 9.95. The molecule has 0 aromatic rings. The molecule has 27 heavy (non-hydrogen) atoms. The Morgan fingerprint density at radius 1 is 1.30 bits per heavy atom. The van der Waals surface area contributed by atoms with Crippen LogP contribution in [0.4, 0.5) is 0 Å². The molecule has 1 saturated heterocycles. The fraction of sp³-hybridized carbons (Fsp3) is 0.762. The summed E-state index contributed by atoms with van der Waals surface area (Å²) in [6.45, 7) is 7.49. The second-order valence-electron chi connectivity index (χ2n) is 9.78. The van der Waals surface area contributed by atoms with Crippen molar-refractivity contribution in [2.45, 2.75) is 70.0 Å². The van der Waals surface area contributed by atoms with Gasteiger partial charge in [0.05, 0.1) is 11.3 Å². The number of fused-ring (bicyclic) bond motifs is 1. The Labute approximate surface area is 158 Å². The van der Waals surface area contributed by atoms with Gasteiger partial charge in [-0.25, -0.2) is 0 Å². The molecule has 1 N–H and O–H groups in total. The van der Waals surface area contributed by atoms with Crippen molar-refractivity contribution in [3.8, 4) is 0 Å². The fourth-order valence-electron chi connectivity index (χ4n) is 8.10. The third-order valence-corrected chi connectivity index (χ3v) is 8.71. The number of carboxylic acids is 1. The van der Waals surface area contributed by atoms with Gasteiger partial charge < -0.3 is 14.6 Å². The first kappa shape index (κ1) is 17.3. The summed E-state index contributed by atoms with van der Waals surface area (Å²) in [7, 11) is 0. The Morgan fingerprint density at radius 2 is 2.04 bits per heavy atom. The third-order valence-electron chi connectivity index (χ3n) is 8.71. The molecule has 0 amide bonds. The minimum Gasteiger partial charge on any atom is -0.481 e. The van der Waals surface area contributed by atoms with Crippen molar-refractivity contribution in [3.05, 3.63) is 12.2 Å². The lowest BCUT2D eigenvalue weighted by Crippen LogP contribution is -2.48. The van der Waals surface area contributed by atoms with Crippen molar-refractivity contribution in [1.82, 2.24) is 0 Å². The molecule has 0 radical (unpaired) electrons. The molecule has 6 heteroatoms. The monoisotopic (exact) mass is 374 g/mol. The van der Waals surface area contributed by atoms with E-state index < -0.39 is 33.9 Å². The lowest BCUT2D eigenvalue weighted by atomic mass is 9.60. The number of ether oxygens (including phenoxy) is 2. The van der Waals surface area contributed by atoms with Crippen molar-refractivity contribution >= 4 is 17.9 Å². The Morgan fingerprint density at radius 3 is 2.70 bits per heavy atom. The molecule has 1 heterocycles. The molecule has 146 valence electrons. The number of rotatable bonds is 2. The summed E-state index contributed by atoms with van der Waals surface area (Å²) in [6.07, 6.45) is 4.67. The second-order valence-corrected chi connectivity index (χ2v) is 9.78. The molecule has 4 aliphatic carbocycles. The van der Waals surface area contributed by atoms with Crippen LogP contribution in [0, 0.1) is 28.6 Å². The van der Waals surface area contributed by atoms with Crippen LogP contribution >= 0.6 is 0 Å². The highest BCUT2D eigenvalue weighted by Crippen LogP contribution is 2.78. The normalized spacial score (nSPS) is 52.1. The van der Waals surface area contributed by atoms with Crippen LogP contribution < -0.4 is 0 Å². The molecule has 1 spiro atoms. The van der Waals surface area contributed by atoms with E-state index in [1.54, 1.807) is 0 Å². The van der Waals surface area contributed by atoms with Crippen LogP contribution in [0.1, 0.15) is 58.8 Å². The van der Waals surface area contributed by atoms with Gasteiger partial charge in [0.15, 0.2) is 0 Å². The maximum Gasteiger partial charge on any atom is 0.312 e. The molecule has 4 bridgehead atoms. The molecule has 7 atom stereocenters. The van der Waals surface area contributed by atoms with Gasteiger partial charge in [-0.2, -0.15) is 0 Å². The van der Waals surface area contributed by atoms with E-state index in [2.05, 4.69) is 6.58 Å². The number of hydrogen-bond acceptors (Lipinski definition) is 5. The minimum absolute atomic E-state index is 0.00916. The third kappa shape index (κ3) is 1.71. The zero-order chi connectivity index (χ0) is 19.4. The van der Waals surface area contributed by atoms with E-state index in [9.17, 15) is 19.5 Å². The summed E-state index contributed by atoms with van der Waals surface area (Å²) in [5.41, 5.74) is -1.90. The number of esters is 2. The summed E-state index contributed by atoms with van der Waals surface area (Å²) in [5.74, 6) is -2.43. The lowest BCUT2D eigenvalue weighted by molar-refractivity contribution is -0.168. The van der Waals surface area contributed by atoms with Crippen LogP contribution in [0.15, 0.2) is 12.2 Å². The van der Waals surface area contributed by atoms with Crippen LogP contribution in [0.3, 0.4) is 0 Å². The molecular formula is C21H26O6. The molecule has 5 fully saturated rings. The van der Waals surface area contributed by atoms with Crippen molar-refractivity contribution in [2.24, 2.45) is 28.6 Å². The van der Waals surface area contributed by atoms with E-state index >= 15 is 0 Å². The molecule has 5 rings (SSSR count). The predicted molar refractivity (Wildman–Crippen MR) is 93.4 cm³/mol. The van der Waals surface area contributed by atoms with Gasteiger partial charge >= 0.3 is 17.9 Å². The Kier molecular flexibility index (Phi) is 3.04. The molecule has 4 saturated carbocycles. The van der Waals surface area contributed by atoms with Gasteiger partial charge in [0.2, 0.25) is 0 Å². The van der Waals surface area contributed by atoms with E-state index in [1.807, 2.05) is 6.92 Å². The number of carbonyl (C=O) groups is 3. The molecule has 6 nitrogen and oxygen atoms in total. The zero-order valence-electron chi connectivity index (χ0n) is 15.9. The van der Waals surface area contributed by atoms with Crippen LogP contribution in [0.25, 0.3) is 0 Å². The molecule has 0 aromatic heterocycles. The average Bonchev–Trinajstić information content (AvgIpc) is 2.96. The summed E-state index contributed by atoms with van der Waals surface area (Å²) in [6, 6.07) is 0. The van der Waals surface area contributed by atoms with Crippen LogP contribution in [-0.4, -0.2) is 34.2 Å².